The van der Waals surface area contributed by atoms with Gasteiger partial charge >= 0.3 is 5.97 Å². The zero-order valence-electron chi connectivity index (χ0n) is 13.2. The molecule has 0 aliphatic carbocycles. The largest absolute Gasteiger partial charge is 0.463 e. The number of carbonyl (C=O) groups excluding carboxylic acids is 2. The Morgan fingerprint density at radius 1 is 1.00 bits per heavy atom. The van der Waals surface area contributed by atoms with Gasteiger partial charge < -0.3 is 10.1 Å². The third-order valence-corrected chi connectivity index (χ3v) is 3.19. The van der Waals surface area contributed by atoms with Gasteiger partial charge in [0.25, 0.3) is 5.91 Å². The fourth-order valence-corrected chi connectivity index (χ4v) is 2.09. The number of allylic oxidation sites excluding steroid dienone is 1. The molecular formula is C19H19NO3. The Labute approximate surface area is 135 Å². The minimum atomic E-state index is -0.468. The summed E-state index contributed by atoms with van der Waals surface area (Å²) in [5, 5.41) is 2.67. The van der Waals surface area contributed by atoms with Gasteiger partial charge in [0, 0.05) is 17.3 Å². The molecule has 0 radical (unpaired) electrons. The number of carbonyl (C=O) groups is 2. The van der Waals surface area contributed by atoms with Crippen molar-refractivity contribution in [3.63, 3.8) is 0 Å². The second-order valence-electron chi connectivity index (χ2n) is 4.98. The van der Waals surface area contributed by atoms with E-state index in [9.17, 15) is 9.59 Å². The summed E-state index contributed by atoms with van der Waals surface area (Å²) in [5.41, 5.74) is 3.11. The van der Waals surface area contributed by atoms with Crippen LogP contribution in [0.15, 0.2) is 66.4 Å². The SMILES string of the molecule is CCOC(=O)/C=C(\C)NC(=O)c1ccc(-c2ccccc2)cc1. The number of benzene rings is 2. The fourth-order valence-electron chi connectivity index (χ4n) is 2.09. The molecule has 0 unspecified atom stereocenters. The second-order valence-corrected chi connectivity index (χ2v) is 4.98. The van der Waals surface area contributed by atoms with E-state index in [1.807, 2.05) is 42.5 Å². The molecule has 0 fully saturated rings. The summed E-state index contributed by atoms with van der Waals surface area (Å²) in [6.07, 6.45) is 1.26. The molecule has 2 rings (SSSR count). The molecular weight excluding hydrogens is 290 g/mol. The first kappa shape index (κ1) is 16.5. The van der Waals surface area contributed by atoms with E-state index < -0.39 is 5.97 Å². The van der Waals surface area contributed by atoms with Crippen molar-refractivity contribution in [3.8, 4) is 11.1 Å². The Kier molecular flexibility index (Phi) is 5.69. The van der Waals surface area contributed by atoms with Gasteiger partial charge in [0.05, 0.1) is 6.61 Å². The second kappa shape index (κ2) is 7.94. The van der Waals surface area contributed by atoms with Crippen LogP contribution >= 0.6 is 0 Å². The summed E-state index contributed by atoms with van der Waals surface area (Å²) >= 11 is 0. The van der Waals surface area contributed by atoms with Crippen molar-refractivity contribution >= 4 is 11.9 Å². The highest BCUT2D eigenvalue weighted by molar-refractivity contribution is 5.96. The maximum Gasteiger partial charge on any atom is 0.332 e. The van der Waals surface area contributed by atoms with Gasteiger partial charge in [0.1, 0.15) is 0 Å². The zero-order valence-corrected chi connectivity index (χ0v) is 13.2. The van der Waals surface area contributed by atoms with Gasteiger partial charge in [-0.1, -0.05) is 42.5 Å². The first-order chi connectivity index (χ1) is 11.1. The van der Waals surface area contributed by atoms with Crippen LogP contribution in [0.5, 0.6) is 0 Å². The molecule has 118 valence electrons. The highest BCUT2D eigenvalue weighted by Gasteiger charge is 2.07. The van der Waals surface area contributed by atoms with Crippen LogP contribution in [0.4, 0.5) is 0 Å². The fraction of sp³-hybridized carbons (Fsp3) is 0.158. The topological polar surface area (TPSA) is 55.4 Å². The van der Waals surface area contributed by atoms with Gasteiger partial charge in [-0.05, 0) is 37.1 Å². The van der Waals surface area contributed by atoms with E-state index in [0.717, 1.165) is 11.1 Å². The third kappa shape index (κ3) is 4.81. The molecule has 0 aliphatic rings. The average molecular weight is 309 g/mol. The molecule has 0 bridgehead atoms. The summed E-state index contributed by atoms with van der Waals surface area (Å²) < 4.78 is 4.80. The lowest BCUT2D eigenvalue weighted by atomic mass is 10.0. The van der Waals surface area contributed by atoms with Gasteiger partial charge in [-0.25, -0.2) is 4.79 Å². The molecule has 4 heteroatoms. The van der Waals surface area contributed by atoms with Crippen LogP contribution in [-0.4, -0.2) is 18.5 Å². The Balaban J connectivity index is 2.05. The predicted octanol–water partition coefficient (Wildman–Crippen LogP) is 3.55. The molecule has 2 aromatic carbocycles. The number of amides is 1. The summed E-state index contributed by atoms with van der Waals surface area (Å²) in [6.45, 7) is 3.68. The molecule has 0 saturated heterocycles. The van der Waals surface area contributed by atoms with Crippen molar-refractivity contribution in [3.05, 3.63) is 71.9 Å². The van der Waals surface area contributed by atoms with Crippen molar-refractivity contribution in [2.24, 2.45) is 0 Å². The third-order valence-electron chi connectivity index (χ3n) is 3.19. The van der Waals surface area contributed by atoms with Crippen LogP contribution in [-0.2, 0) is 9.53 Å². The quantitative estimate of drug-likeness (QED) is 0.679. The van der Waals surface area contributed by atoms with Crippen LogP contribution in [0.3, 0.4) is 0 Å². The molecule has 0 saturated carbocycles. The predicted molar refractivity (Wildman–Crippen MR) is 89.7 cm³/mol. The number of rotatable bonds is 5. The van der Waals surface area contributed by atoms with E-state index in [4.69, 9.17) is 4.74 Å². The van der Waals surface area contributed by atoms with E-state index in [2.05, 4.69) is 5.32 Å². The minimum Gasteiger partial charge on any atom is -0.463 e. The lowest BCUT2D eigenvalue weighted by Crippen LogP contribution is -2.22. The van der Waals surface area contributed by atoms with E-state index in [1.165, 1.54) is 6.08 Å². The van der Waals surface area contributed by atoms with E-state index in [1.54, 1.807) is 26.0 Å². The van der Waals surface area contributed by atoms with Crippen LogP contribution in [0.25, 0.3) is 11.1 Å². The molecule has 0 aliphatic heterocycles. The maximum atomic E-state index is 12.1. The van der Waals surface area contributed by atoms with Crippen molar-refractivity contribution in [1.29, 1.82) is 0 Å². The highest BCUT2D eigenvalue weighted by Crippen LogP contribution is 2.19. The number of nitrogens with one attached hydrogen (secondary N) is 1. The summed E-state index contributed by atoms with van der Waals surface area (Å²) in [6, 6.07) is 17.2. The van der Waals surface area contributed by atoms with E-state index in [-0.39, 0.29) is 5.91 Å². The molecule has 1 N–H and O–H groups in total. The smallest absolute Gasteiger partial charge is 0.332 e. The molecule has 1 amide bonds. The standard InChI is InChI=1S/C19H19NO3/c1-3-23-18(21)13-14(2)20-19(22)17-11-9-16(10-12-17)15-7-5-4-6-8-15/h4-13H,3H2,1-2H3,(H,20,22)/b14-13+. The van der Waals surface area contributed by atoms with Crippen molar-refractivity contribution < 1.29 is 14.3 Å². The van der Waals surface area contributed by atoms with Crippen molar-refractivity contribution in [2.75, 3.05) is 6.61 Å². The Morgan fingerprint density at radius 3 is 2.22 bits per heavy atom. The number of esters is 1. The van der Waals surface area contributed by atoms with Crippen molar-refractivity contribution in [1.82, 2.24) is 5.32 Å². The number of ether oxygens (including phenoxy) is 1. The van der Waals surface area contributed by atoms with Gasteiger partial charge in [-0.15, -0.1) is 0 Å². The molecule has 23 heavy (non-hydrogen) atoms. The minimum absolute atomic E-state index is 0.261. The van der Waals surface area contributed by atoms with Gasteiger partial charge in [-0.2, -0.15) is 0 Å². The van der Waals surface area contributed by atoms with Gasteiger partial charge in [-0.3, -0.25) is 4.79 Å². The van der Waals surface area contributed by atoms with E-state index >= 15 is 0 Å². The molecule has 0 heterocycles. The van der Waals surface area contributed by atoms with Crippen LogP contribution < -0.4 is 5.32 Å². The first-order valence-electron chi connectivity index (χ1n) is 7.42. The lowest BCUT2D eigenvalue weighted by Gasteiger charge is -2.07. The number of hydrogen-bond donors (Lipinski definition) is 1. The zero-order chi connectivity index (χ0) is 16.7. The Bertz CT molecular complexity index is 703. The first-order valence-corrected chi connectivity index (χ1v) is 7.42. The molecule has 0 aromatic heterocycles. The lowest BCUT2D eigenvalue weighted by molar-refractivity contribution is -0.137. The average Bonchev–Trinajstić information content (AvgIpc) is 2.56. The highest BCUT2D eigenvalue weighted by atomic mass is 16.5. The Morgan fingerprint density at radius 2 is 1.61 bits per heavy atom. The van der Waals surface area contributed by atoms with Crippen LogP contribution in [0.2, 0.25) is 0 Å². The Hall–Kier alpha value is -2.88. The van der Waals surface area contributed by atoms with Crippen molar-refractivity contribution in [2.45, 2.75) is 13.8 Å². The summed E-state index contributed by atoms with van der Waals surface area (Å²) in [4.78, 5) is 23.5. The van der Waals surface area contributed by atoms with Gasteiger partial charge in [0.15, 0.2) is 0 Å². The molecule has 4 nitrogen and oxygen atoms in total. The normalized spacial score (nSPS) is 11.0. The van der Waals surface area contributed by atoms with Crippen LogP contribution in [0, 0.1) is 0 Å². The number of hydrogen-bond acceptors (Lipinski definition) is 3. The molecule has 2 aromatic rings. The molecule has 0 spiro atoms. The van der Waals surface area contributed by atoms with Crippen LogP contribution in [0.1, 0.15) is 24.2 Å². The maximum absolute atomic E-state index is 12.1. The monoisotopic (exact) mass is 309 g/mol. The molecule has 0 atom stereocenters. The van der Waals surface area contributed by atoms with E-state index in [0.29, 0.717) is 17.9 Å². The summed E-state index contributed by atoms with van der Waals surface area (Å²) in [7, 11) is 0. The van der Waals surface area contributed by atoms with Gasteiger partial charge in [0.2, 0.25) is 0 Å². The summed E-state index contributed by atoms with van der Waals surface area (Å²) in [5.74, 6) is -0.729.